The van der Waals surface area contributed by atoms with E-state index in [1.807, 2.05) is 49.8 Å². The maximum Gasteiger partial charge on any atom is 0.373 e. The van der Waals surface area contributed by atoms with Gasteiger partial charge < -0.3 is 130 Å². The first kappa shape index (κ1) is 121. The molecule has 20 aliphatic heterocycles. The second kappa shape index (κ2) is 52.5. The summed E-state index contributed by atoms with van der Waals surface area (Å²) in [7, 11) is -3.55. The second-order valence-electron chi connectivity index (χ2n) is 43.1. The number of terminal acetylenes is 3. The van der Waals surface area contributed by atoms with E-state index in [9.17, 15) is 38.4 Å². The predicted molar refractivity (Wildman–Crippen MR) is 510 cm³/mol. The zero-order valence-corrected chi connectivity index (χ0v) is 87.6. The topological polar surface area (TPSA) is 593 Å². The van der Waals surface area contributed by atoms with Crippen LogP contribution in [0.25, 0.3) is 0 Å². The van der Waals surface area contributed by atoms with E-state index >= 15 is 0 Å². The number of epoxide rings is 4. The highest BCUT2D eigenvalue weighted by Crippen LogP contribution is 2.61. The number of ketones is 1. The molecule has 4 unspecified atom stereocenters. The molecule has 10 bridgehead atoms. The number of nitrogens with one attached hydrogen (secondary N) is 1. The quantitative estimate of drug-likeness (QED) is 0.0417. The summed E-state index contributed by atoms with van der Waals surface area (Å²) in [6.07, 6.45) is 53.7. The highest BCUT2D eigenvalue weighted by atomic mass is 32.2. The van der Waals surface area contributed by atoms with Gasteiger partial charge in [0.25, 0.3) is 10.0 Å². The number of carbonyl (C=O) groups excluding carboxylic acids is 13. The first-order valence-electron chi connectivity index (χ1n) is 52.4. The smallest absolute Gasteiger partial charge is 0.373 e. The minimum atomic E-state index is -3.55. The van der Waals surface area contributed by atoms with Crippen molar-refractivity contribution in [3.63, 3.8) is 0 Å². The predicted octanol–water partition coefficient (Wildman–Crippen LogP) is 4.70. The molecule has 5 aliphatic carbocycles. The van der Waals surface area contributed by atoms with E-state index < -0.39 is 39.0 Å². The zero-order valence-electron chi connectivity index (χ0n) is 86.8. The number of aliphatic hydroxyl groups is 5. The van der Waals surface area contributed by atoms with Crippen LogP contribution in [0.4, 0.5) is 0 Å². The lowest BCUT2D eigenvalue weighted by Crippen LogP contribution is -2.54. The van der Waals surface area contributed by atoms with E-state index in [1.54, 1.807) is 13.8 Å². The van der Waals surface area contributed by atoms with Crippen molar-refractivity contribution in [2.24, 2.45) is 5.84 Å². The molecule has 42 nitrogen and oxygen atoms in total. The molecule has 26 rings (SSSR count). The van der Waals surface area contributed by atoms with Gasteiger partial charge in [-0.2, -0.15) is 52.8 Å². The summed E-state index contributed by atoms with van der Waals surface area (Å²) in [6, 6.07) is 3.63. The van der Waals surface area contributed by atoms with E-state index in [2.05, 4.69) is 59.3 Å². The fourth-order valence-corrected chi connectivity index (χ4v) is 27.8. The van der Waals surface area contributed by atoms with Crippen molar-refractivity contribution >= 4 is 59.6 Å². The minimum absolute atomic E-state index is 0.00789. The molecule has 832 valence electrons. The van der Waals surface area contributed by atoms with Crippen LogP contribution in [0.15, 0.2) is 29.2 Å². The Morgan fingerprint density at radius 2 is 0.860 bits per heavy atom. The van der Waals surface area contributed by atoms with Crippen molar-refractivity contribution < 1.29 is 191 Å². The van der Waals surface area contributed by atoms with Crippen LogP contribution < -0.4 is 10.7 Å². The fourth-order valence-electron chi connectivity index (χ4n) is 26.7. The molecule has 43 heteroatoms. The number of benzene rings is 1. The molecular formula is C107H148N2O40S. The number of aldehydes is 1. The molecule has 8 N–H and O–H groups in total. The highest BCUT2D eigenvalue weighted by Gasteiger charge is 2.76. The molecular weight excluding hydrogens is 1990 g/mol. The SMILES string of the molecule is C#C[C@H]1C[C@]2(C=O)O[C@@H](C)CC[C@@H]2O1.C#C[C@H]1C[C@]2(CO)O[C@@H](CCC)CC[C@@H]2O1.C#C[C@H]1C[C@]2(CO)O[C@@H](CCO)CC[C@@H]2O1.C=O.CC[C@H]1CC[C@@H]2O[C@@H]3C[C@]2(C[C@H]2OC23)O1.C[C@H]1CC[C@@H]2O[C@@H]3C[C@@]2(O1)[C@H]1O[C@H]1C3=O.C[C@H]1CC[C@@H]2O[C@@H]3C[C@@]2(O1)[C@H]1O[C@H]1C3O.C[C@H]1CC[C@@H]2O[C@@H]3C[C@]2(C=CC3O)O1.C[C@H]1CC[C@@H]2O[C@@H]3C[C@]2(C[C@H]2OC23)O1.Cc1cc(C)c(S(=O)(=O)NN)c(C)c1.O=C=O.O=C=O.O=C=O.O=C=O.O=C=O. The summed E-state index contributed by atoms with van der Waals surface area (Å²) in [5.41, 5.74) is -0.175. The van der Waals surface area contributed by atoms with Gasteiger partial charge in [0.1, 0.15) is 102 Å². The molecule has 1 aromatic rings. The lowest BCUT2D eigenvalue weighted by atomic mass is 9.78. The van der Waals surface area contributed by atoms with Crippen molar-refractivity contribution in [3.8, 4) is 37.0 Å². The number of aliphatic hydroxyl groups excluding tert-OH is 5. The van der Waals surface area contributed by atoms with Crippen molar-refractivity contribution in [2.45, 2.75) is 519 Å². The third-order valence-corrected chi connectivity index (χ3v) is 34.8. The van der Waals surface area contributed by atoms with Gasteiger partial charge in [0, 0.05) is 70.8 Å². The summed E-state index contributed by atoms with van der Waals surface area (Å²) < 4.78 is 140. The van der Waals surface area contributed by atoms with Gasteiger partial charge in [0.05, 0.1) is 170 Å². The molecule has 150 heavy (non-hydrogen) atoms. The summed E-state index contributed by atoms with van der Waals surface area (Å²) in [4.78, 5) is 114. The van der Waals surface area contributed by atoms with E-state index in [1.165, 1.54) is 19.3 Å². The normalized spacial score (nSPS) is 44.9. The third kappa shape index (κ3) is 26.6. The lowest BCUT2D eigenvalue weighted by Gasteiger charge is -2.42. The molecule has 1 aromatic carbocycles. The Labute approximate surface area is 873 Å². The number of hydrogen-bond donors (Lipinski definition) is 7. The monoisotopic (exact) mass is 2130 g/mol. The van der Waals surface area contributed by atoms with Crippen molar-refractivity contribution in [2.75, 3.05) is 19.8 Å². The van der Waals surface area contributed by atoms with E-state index in [0.29, 0.717) is 116 Å². The molecule has 24 fully saturated rings. The molecule has 42 atom stereocenters. The zero-order chi connectivity index (χ0) is 109. The Morgan fingerprint density at radius 3 is 1.35 bits per heavy atom. The number of nitrogens with two attached hydrogens (primary N) is 1. The van der Waals surface area contributed by atoms with Crippen molar-refractivity contribution in [1.29, 1.82) is 0 Å². The Kier molecular flexibility index (Phi) is 42.4. The summed E-state index contributed by atoms with van der Waals surface area (Å²) >= 11 is 0. The maximum absolute atomic E-state index is 11.7. The Balaban J connectivity index is 0.000000147. The van der Waals surface area contributed by atoms with Gasteiger partial charge in [0.2, 0.25) is 0 Å². The van der Waals surface area contributed by atoms with Gasteiger partial charge in [-0.25, -0.2) is 8.42 Å². The van der Waals surface area contributed by atoms with Crippen molar-refractivity contribution in [1.82, 2.24) is 4.83 Å². The fraction of sp³-hybridized carbons (Fsp3) is 0.794. The van der Waals surface area contributed by atoms with Crippen LogP contribution in [0.3, 0.4) is 0 Å². The average molecular weight is 2130 g/mol. The van der Waals surface area contributed by atoms with E-state index in [-0.39, 0.29) is 211 Å². The van der Waals surface area contributed by atoms with Gasteiger partial charge in [-0.1, -0.05) is 67.9 Å². The van der Waals surface area contributed by atoms with Gasteiger partial charge in [-0.3, -0.25) is 10.6 Å². The van der Waals surface area contributed by atoms with Crippen LogP contribution in [-0.4, -0.2) is 356 Å². The molecule has 0 amide bonds. The average Bonchev–Trinajstić information content (AvgIpc) is 1.53. The summed E-state index contributed by atoms with van der Waals surface area (Å²) in [5.74, 6) is 12.8. The highest BCUT2D eigenvalue weighted by molar-refractivity contribution is 7.89. The number of hydrogen-bond acceptors (Lipinski definition) is 41. The van der Waals surface area contributed by atoms with Crippen LogP contribution >= 0.6 is 0 Å². The van der Waals surface area contributed by atoms with Crippen LogP contribution in [0.5, 0.6) is 0 Å². The van der Waals surface area contributed by atoms with Gasteiger partial charge in [-0.05, 0) is 189 Å². The summed E-state index contributed by atoms with van der Waals surface area (Å²) in [6.45, 7) is 22.3. The third-order valence-electron chi connectivity index (χ3n) is 33.3. The number of ether oxygens (including phenoxy) is 20. The maximum atomic E-state index is 11.7. The molecule has 20 saturated heterocycles. The minimum Gasteiger partial charge on any atom is -0.396 e. The number of hydrazine groups is 1. The molecule has 25 aliphatic rings. The first-order valence-corrected chi connectivity index (χ1v) is 53.9. The van der Waals surface area contributed by atoms with Crippen LogP contribution in [0.1, 0.15) is 258 Å². The van der Waals surface area contributed by atoms with Gasteiger partial charge in [-0.15, -0.1) is 19.3 Å². The van der Waals surface area contributed by atoms with Gasteiger partial charge >= 0.3 is 30.8 Å². The lowest BCUT2D eigenvalue weighted by molar-refractivity contribution is -0.193. The van der Waals surface area contributed by atoms with Crippen molar-refractivity contribution in [3.05, 3.63) is 41.0 Å². The largest absolute Gasteiger partial charge is 0.396 e. The number of fused-ring (bicyclic) bond motifs is 14. The standard InChI is InChI=1S/C13H20O3.C12H18O4.C12H18O3.C11H16O4.C11H14O4.2C11H16O3.C11H14O3.C9H14N2O2S.5CO2.CH2O/c1-3-5-11-6-7-12-13(9-14,16-11)8-10(4-2)15-12;1-2-9-7-12(8-14)11(15-9)4-3-10(16-12)5-6-13;1-2-7-3-4-10-12(15-7)5-8(13-10)11-9(6-12)14-11;2*1-5-2-3-7-11(15-5)4-6(13-7)8(12)9-10(11)14-9;1-6-2-3-9-11(14-6)4-7(12-9)10-8(5-11)13-10;1-7-2-3-10-11(14-7)5-4-8(12)9(6-11)13-10;1-3-9-6-11(7-12)10(13-9)5-4-8(2)14-11;1-6-4-7(2)9(8(3)5-6)14(12,13)11-10;5*2-1-3;1-2/h2,10-12,14H,3,5-9H2,1H3;1,9-11,13-14H,3-8H2;7-11H,2-6H2,1H3;5-10,12H,2-4H2,1H3;5-7,9-10H,2-4H2,1H3;6-10H,2-5H2,1H3;4-5,7-10,12H,2-3,6H2,1H3;1,7-10H,4-6H2,2H3;4-5,11H,10H2,1-3H3;;;;;;1H2/t10-,11-,12-,13+;9-,10+,11-,12+;7-,8+,9+,10-,11?,12+;5-,6+,7-,8?,9-,10-,11-;5-,6+,7-,9-,10-,11-;6-,7+,8+,9-,10?,11+;7-,8?,9+,10-,11-;8-,9-,10-,11+;;;;;;;/m00000000......./s1. The Bertz CT molecular complexity index is 4980. The number of aryl methyl sites for hydroxylation is 3. The van der Waals surface area contributed by atoms with Crippen LogP contribution in [0, 0.1) is 57.8 Å². The number of carbonyl (C=O) groups is 3. The van der Waals surface area contributed by atoms with Crippen LogP contribution in [-0.2, 0) is 167 Å². The molecule has 5 spiro atoms. The first-order chi connectivity index (χ1) is 71.8. The molecule has 20 heterocycles. The number of sulfonamides is 1. The number of rotatable bonds is 10. The molecule has 0 radical (unpaired) electrons. The molecule has 4 saturated carbocycles. The van der Waals surface area contributed by atoms with E-state index in [4.69, 9.17) is 178 Å². The Hall–Kier alpha value is -7.58. The molecule has 0 aromatic heterocycles. The van der Waals surface area contributed by atoms with Gasteiger partial charge in [0.15, 0.2) is 17.7 Å². The number of Topliss-reactive ketones (excluding diaryl/α,β-unsaturated/α-hetero) is 1. The second-order valence-corrected chi connectivity index (χ2v) is 44.8. The van der Waals surface area contributed by atoms with E-state index in [0.717, 1.165) is 153 Å². The summed E-state index contributed by atoms with van der Waals surface area (Å²) in [5, 5.41) is 47.5. The van der Waals surface area contributed by atoms with Crippen LogP contribution in [0.2, 0.25) is 0 Å². The Morgan fingerprint density at radius 1 is 0.440 bits per heavy atom.